The average molecular weight is 437 g/mol. The summed E-state index contributed by atoms with van der Waals surface area (Å²) >= 11 is 0. The third kappa shape index (κ3) is 3.06. The number of hydrogen-bond donors (Lipinski definition) is 0. The van der Waals surface area contributed by atoms with Crippen molar-refractivity contribution in [1.29, 1.82) is 0 Å². The Hall–Kier alpha value is -3.90. The quantitative estimate of drug-likeness (QED) is 0.259. The number of benzene rings is 5. The van der Waals surface area contributed by atoms with Gasteiger partial charge in [0.15, 0.2) is 0 Å². The van der Waals surface area contributed by atoms with E-state index in [0.717, 1.165) is 6.42 Å². The van der Waals surface area contributed by atoms with Gasteiger partial charge in [0, 0.05) is 0 Å². The molecule has 5 aromatic carbocycles. The molecule has 0 fully saturated rings. The first-order valence-corrected chi connectivity index (χ1v) is 12.2. The number of rotatable bonds is 4. The lowest BCUT2D eigenvalue weighted by Crippen LogP contribution is -2.28. The molecule has 0 saturated carbocycles. The van der Waals surface area contributed by atoms with E-state index in [9.17, 15) is 0 Å². The van der Waals surface area contributed by atoms with Crippen LogP contribution in [0.1, 0.15) is 40.3 Å². The molecule has 0 aliphatic heterocycles. The van der Waals surface area contributed by atoms with Crippen molar-refractivity contribution in [2.75, 3.05) is 0 Å². The summed E-state index contributed by atoms with van der Waals surface area (Å²) in [6.07, 6.45) is 1.04. The van der Waals surface area contributed by atoms with E-state index in [1.807, 2.05) is 0 Å². The fraction of sp³-hybridized carbons (Fsp3) is 0.118. The summed E-state index contributed by atoms with van der Waals surface area (Å²) in [7, 11) is 0. The monoisotopic (exact) mass is 436 g/mol. The van der Waals surface area contributed by atoms with Gasteiger partial charge in [0.2, 0.25) is 0 Å². The number of hydrogen-bond acceptors (Lipinski definition) is 0. The molecular weight excluding hydrogens is 408 g/mol. The Kier molecular flexibility index (Phi) is 4.96. The van der Waals surface area contributed by atoms with Crippen LogP contribution in [-0.4, -0.2) is 0 Å². The molecule has 0 saturated heterocycles. The molecule has 0 amide bonds. The summed E-state index contributed by atoms with van der Waals surface area (Å²) in [5.41, 5.74) is 12.8. The van der Waals surface area contributed by atoms with Gasteiger partial charge in [0.05, 0.1) is 5.41 Å². The highest BCUT2D eigenvalue weighted by Gasteiger charge is 2.46. The molecule has 5 aromatic rings. The van der Waals surface area contributed by atoms with Crippen LogP contribution in [0.25, 0.3) is 22.3 Å². The van der Waals surface area contributed by atoms with Crippen molar-refractivity contribution in [2.45, 2.75) is 25.7 Å². The third-order valence-electron chi connectivity index (χ3n) is 7.43. The summed E-state index contributed by atoms with van der Waals surface area (Å²) in [5.74, 6) is 0. The van der Waals surface area contributed by atoms with Crippen molar-refractivity contribution in [2.24, 2.45) is 0 Å². The summed E-state index contributed by atoms with van der Waals surface area (Å²) in [6, 6.07) is 45.2. The molecule has 1 unspecified atom stereocenters. The highest BCUT2D eigenvalue weighted by molar-refractivity contribution is 5.88. The Morgan fingerprint density at radius 3 is 1.85 bits per heavy atom. The fourth-order valence-corrected chi connectivity index (χ4v) is 5.67. The van der Waals surface area contributed by atoms with Crippen molar-refractivity contribution in [3.05, 3.63) is 155 Å². The summed E-state index contributed by atoms with van der Waals surface area (Å²) in [6.45, 7) is 4.38. The highest BCUT2D eigenvalue weighted by Crippen LogP contribution is 2.56. The standard InChI is InChI=1S/C34H28/c1-3-25-15-20-29(21-16-25)34(28-18-13-24(2)14-19-28)32-12-8-7-11-30(32)31-22-17-27(23-33(31)34)26-9-5-4-6-10-26/h4-23H,3H2,1-2H3. The predicted octanol–water partition coefficient (Wildman–Crippen LogP) is 8.59. The van der Waals surface area contributed by atoms with Crippen molar-refractivity contribution < 1.29 is 0 Å². The van der Waals surface area contributed by atoms with Gasteiger partial charge in [-0.05, 0) is 69.5 Å². The lowest BCUT2D eigenvalue weighted by atomic mass is 9.67. The van der Waals surface area contributed by atoms with Gasteiger partial charge >= 0.3 is 0 Å². The molecule has 0 aromatic heterocycles. The summed E-state index contributed by atoms with van der Waals surface area (Å²) < 4.78 is 0. The summed E-state index contributed by atoms with van der Waals surface area (Å²) in [5, 5.41) is 0. The largest absolute Gasteiger partial charge is 0.0713 e. The van der Waals surface area contributed by atoms with Gasteiger partial charge in [0.25, 0.3) is 0 Å². The predicted molar refractivity (Wildman–Crippen MR) is 143 cm³/mol. The van der Waals surface area contributed by atoms with Gasteiger partial charge in [-0.15, -0.1) is 0 Å². The van der Waals surface area contributed by atoms with Gasteiger partial charge in [0.1, 0.15) is 0 Å². The molecule has 0 nitrogen and oxygen atoms in total. The van der Waals surface area contributed by atoms with Crippen molar-refractivity contribution >= 4 is 0 Å². The smallest absolute Gasteiger partial charge is 0.0622 e. The molecule has 0 N–H and O–H groups in total. The average Bonchev–Trinajstić information content (AvgIpc) is 3.20. The van der Waals surface area contributed by atoms with E-state index >= 15 is 0 Å². The molecular formula is C34H28. The number of fused-ring (bicyclic) bond motifs is 3. The fourth-order valence-electron chi connectivity index (χ4n) is 5.67. The zero-order chi connectivity index (χ0) is 23.1. The van der Waals surface area contributed by atoms with Crippen LogP contribution in [0.3, 0.4) is 0 Å². The van der Waals surface area contributed by atoms with Gasteiger partial charge < -0.3 is 0 Å². The zero-order valence-electron chi connectivity index (χ0n) is 19.8. The molecule has 0 heterocycles. The Morgan fingerprint density at radius 1 is 0.529 bits per heavy atom. The Morgan fingerprint density at radius 2 is 1.15 bits per heavy atom. The van der Waals surface area contributed by atoms with Crippen LogP contribution in [-0.2, 0) is 11.8 Å². The van der Waals surface area contributed by atoms with E-state index in [2.05, 4.69) is 135 Å². The van der Waals surface area contributed by atoms with Gasteiger partial charge in [-0.25, -0.2) is 0 Å². The van der Waals surface area contributed by atoms with Crippen LogP contribution in [0.4, 0.5) is 0 Å². The second kappa shape index (κ2) is 8.15. The molecule has 1 aliphatic rings. The van der Waals surface area contributed by atoms with Gasteiger partial charge in [-0.2, -0.15) is 0 Å². The second-order valence-electron chi connectivity index (χ2n) is 9.34. The van der Waals surface area contributed by atoms with Gasteiger partial charge in [-0.1, -0.05) is 128 Å². The normalized spacial score (nSPS) is 16.2. The van der Waals surface area contributed by atoms with E-state index in [1.165, 1.54) is 55.6 Å². The minimum Gasteiger partial charge on any atom is -0.0622 e. The van der Waals surface area contributed by atoms with Crippen LogP contribution in [0, 0.1) is 6.92 Å². The van der Waals surface area contributed by atoms with Crippen LogP contribution < -0.4 is 0 Å². The molecule has 0 heteroatoms. The van der Waals surface area contributed by atoms with E-state index < -0.39 is 0 Å². The first-order valence-electron chi connectivity index (χ1n) is 12.2. The molecule has 0 spiro atoms. The molecule has 0 radical (unpaired) electrons. The minimum atomic E-state index is -0.351. The maximum absolute atomic E-state index is 2.43. The Labute approximate surface area is 202 Å². The van der Waals surface area contributed by atoms with Crippen LogP contribution in [0.15, 0.2) is 121 Å². The maximum atomic E-state index is 2.43. The molecule has 0 bridgehead atoms. The van der Waals surface area contributed by atoms with E-state index in [1.54, 1.807) is 0 Å². The SMILES string of the molecule is CCc1ccc(C2(c3ccc(C)cc3)c3ccccc3-c3ccc(-c4ccccc4)cc32)cc1. The highest BCUT2D eigenvalue weighted by atomic mass is 14.5. The van der Waals surface area contributed by atoms with Crippen molar-refractivity contribution in [1.82, 2.24) is 0 Å². The minimum absolute atomic E-state index is 0.351. The lowest BCUT2D eigenvalue weighted by molar-refractivity contribution is 0.767. The van der Waals surface area contributed by atoms with E-state index in [4.69, 9.17) is 0 Å². The van der Waals surface area contributed by atoms with Crippen LogP contribution in [0.5, 0.6) is 0 Å². The lowest BCUT2D eigenvalue weighted by Gasteiger charge is -2.34. The molecule has 1 atom stereocenters. The first-order chi connectivity index (χ1) is 16.7. The topological polar surface area (TPSA) is 0 Å². The molecule has 34 heavy (non-hydrogen) atoms. The van der Waals surface area contributed by atoms with E-state index in [0.29, 0.717) is 0 Å². The van der Waals surface area contributed by atoms with Crippen molar-refractivity contribution in [3.63, 3.8) is 0 Å². The van der Waals surface area contributed by atoms with E-state index in [-0.39, 0.29) is 5.41 Å². The third-order valence-corrected chi connectivity index (χ3v) is 7.43. The Bertz CT molecular complexity index is 1460. The molecule has 164 valence electrons. The first kappa shape index (κ1) is 20.7. The van der Waals surface area contributed by atoms with Crippen LogP contribution >= 0.6 is 0 Å². The summed E-state index contributed by atoms with van der Waals surface area (Å²) in [4.78, 5) is 0. The zero-order valence-corrected chi connectivity index (χ0v) is 19.8. The van der Waals surface area contributed by atoms with Crippen LogP contribution in [0.2, 0.25) is 0 Å². The van der Waals surface area contributed by atoms with Crippen molar-refractivity contribution in [3.8, 4) is 22.3 Å². The maximum Gasteiger partial charge on any atom is 0.0713 e. The number of aryl methyl sites for hydroxylation is 2. The van der Waals surface area contributed by atoms with Gasteiger partial charge in [-0.3, -0.25) is 0 Å². The Balaban J connectivity index is 1.72. The molecule has 1 aliphatic carbocycles. The second-order valence-corrected chi connectivity index (χ2v) is 9.34. The molecule has 6 rings (SSSR count).